The number of benzene rings is 1. The molecule has 2 heterocycles. The standard InChI is InChI=1S/C16H15FN4O2/c1-11(9-23-14-4-2-3-13(17)7-14)19-16(22)12-5-6-15-20-18-10-21(15)8-12/h2-8,10-11H,9H2,1H3,(H,19,22). The Bertz CT molecular complexity index is 834. The van der Waals surface area contributed by atoms with E-state index in [2.05, 4.69) is 15.5 Å². The number of aromatic nitrogens is 3. The van der Waals surface area contributed by atoms with Gasteiger partial charge in [0.15, 0.2) is 5.65 Å². The molecule has 3 aromatic rings. The van der Waals surface area contributed by atoms with E-state index >= 15 is 0 Å². The summed E-state index contributed by atoms with van der Waals surface area (Å²) in [5.41, 5.74) is 1.17. The molecule has 0 spiro atoms. The van der Waals surface area contributed by atoms with Crippen molar-refractivity contribution in [2.75, 3.05) is 6.61 Å². The lowest BCUT2D eigenvalue weighted by atomic mass is 10.2. The van der Waals surface area contributed by atoms with Gasteiger partial charge in [0.2, 0.25) is 0 Å². The second-order valence-electron chi connectivity index (χ2n) is 5.16. The fourth-order valence-corrected chi connectivity index (χ4v) is 2.09. The molecular formula is C16H15FN4O2. The van der Waals surface area contributed by atoms with Gasteiger partial charge in [-0.25, -0.2) is 4.39 Å². The fraction of sp³-hybridized carbons (Fsp3) is 0.188. The maximum Gasteiger partial charge on any atom is 0.253 e. The topological polar surface area (TPSA) is 68.5 Å². The Balaban J connectivity index is 1.58. The van der Waals surface area contributed by atoms with Crippen LogP contribution >= 0.6 is 0 Å². The normalized spacial score (nSPS) is 12.1. The molecule has 0 fully saturated rings. The van der Waals surface area contributed by atoms with Gasteiger partial charge >= 0.3 is 0 Å². The van der Waals surface area contributed by atoms with E-state index in [-0.39, 0.29) is 24.4 Å². The van der Waals surface area contributed by atoms with E-state index in [1.807, 2.05) is 6.92 Å². The third kappa shape index (κ3) is 3.63. The Morgan fingerprint density at radius 2 is 2.26 bits per heavy atom. The minimum Gasteiger partial charge on any atom is -0.491 e. The second kappa shape index (κ2) is 6.43. The number of carbonyl (C=O) groups is 1. The van der Waals surface area contributed by atoms with Crippen LogP contribution in [0.25, 0.3) is 5.65 Å². The fourth-order valence-electron chi connectivity index (χ4n) is 2.09. The number of pyridine rings is 1. The molecule has 6 nitrogen and oxygen atoms in total. The van der Waals surface area contributed by atoms with Crippen molar-refractivity contribution in [1.29, 1.82) is 0 Å². The van der Waals surface area contributed by atoms with Crippen LogP contribution < -0.4 is 10.1 Å². The molecule has 1 N–H and O–H groups in total. The molecule has 0 bridgehead atoms. The number of carbonyl (C=O) groups excluding carboxylic acids is 1. The van der Waals surface area contributed by atoms with Gasteiger partial charge in [-0.3, -0.25) is 9.20 Å². The summed E-state index contributed by atoms with van der Waals surface area (Å²) in [7, 11) is 0. The van der Waals surface area contributed by atoms with E-state index < -0.39 is 0 Å². The summed E-state index contributed by atoms with van der Waals surface area (Å²) in [6.45, 7) is 2.05. The lowest BCUT2D eigenvalue weighted by Crippen LogP contribution is -2.36. The van der Waals surface area contributed by atoms with Gasteiger partial charge in [0.1, 0.15) is 24.5 Å². The van der Waals surface area contributed by atoms with Crippen molar-refractivity contribution in [3.8, 4) is 5.75 Å². The number of ether oxygens (including phenoxy) is 1. The van der Waals surface area contributed by atoms with Crippen molar-refractivity contribution >= 4 is 11.6 Å². The lowest BCUT2D eigenvalue weighted by Gasteiger charge is -2.15. The number of halogens is 1. The average Bonchev–Trinajstić information content (AvgIpc) is 3.00. The van der Waals surface area contributed by atoms with Crippen LogP contribution in [0.5, 0.6) is 5.75 Å². The number of rotatable bonds is 5. The largest absolute Gasteiger partial charge is 0.491 e. The molecule has 0 aliphatic heterocycles. The van der Waals surface area contributed by atoms with Crippen molar-refractivity contribution in [2.24, 2.45) is 0 Å². The van der Waals surface area contributed by atoms with Crippen molar-refractivity contribution < 1.29 is 13.9 Å². The zero-order valence-electron chi connectivity index (χ0n) is 12.4. The first-order chi connectivity index (χ1) is 11.1. The predicted molar refractivity (Wildman–Crippen MR) is 81.8 cm³/mol. The zero-order chi connectivity index (χ0) is 16.2. The minimum atomic E-state index is -0.360. The molecule has 1 unspecified atom stereocenters. The SMILES string of the molecule is CC(COc1cccc(F)c1)NC(=O)c1ccc2nncn2c1. The van der Waals surface area contributed by atoms with Crippen LogP contribution in [0.4, 0.5) is 4.39 Å². The molecule has 0 aliphatic rings. The first kappa shape index (κ1) is 15.0. The molecule has 23 heavy (non-hydrogen) atoms. The van der Waals surface area contributed by atoms with Crippen LogP contribution in [0, 0.1) is 5.82 Å². The molecule has 1 atom stereocenters. The molecule has 0 aliphatic carbocycles. The average molecular weight is 314 g/mol. The minimum absolute atomic E-state index is 0.226. The van der Waals surface area contributed by atoms with Gasteiger partial charge in [0.25, 0.3) is 5.91 Å². The van der Waals surface area contributed by atoms with Crippen LogP contribution in [0.15, 0.2) is 48.9 Å². The van der Waals surface area contributed by atoms with Crippen LogP contribution in [-0.2, 0) is 0 Å². The van der Waals surface area contributed by atoms with Crippen molar-refractivity contribution in [3.63, 3.8) is 0 Å². The molecular weight excluding hydrogens is 299 g/mol. The van der Waals surface area contributed by atoms with Gasteiger partial charge in [0.05, 0.1) is 11.6 Å². The van der Waals surface area contributed by atoms with E-state index in [9.17, 15) is 9.18 Å². The quantitative estimate of drug-likeness (QED) is 0.783. The number of hydrogen-bond acceptors (Lipinski definition) is 4. The predicted octanol–water partition coefficient (Wildman–Crippen LogP) is 2.07. The lowest BCUT2D eigenvalue weighted by molar-refractivity contribution is 0.0926. The summed E-state index contributed by atoms with van der Waals surface area (Å²) in [6.07, 6.45) is 3.19. The van der Waals surface area contributed by atoms with Crippen LogP contribution in [-0.4, -0.2) is 33.2 Å². The Labute approximate surface area is 131 Å². The molecule has 118 valence electrons. The first-order valence-electron chi connectivity index (χ1n) is 7.10. The number of hydrogen-bond donors (Lipinski definition) is 1. The van der Waals surface area contributed by atoms with Crippen LogP contribution in [0.2, 0.25) is 0 Å². The highest BCUT2D eigenvalue weighted by molar-refractivity contribution is 5.94. The van der Waals surface area contributed by atoms with Crippen LogP contribution in [0.3, 0.4) is 0 Å². The third-order valence-electron chi connectivity index (χ3n) is 3.23. The van der Waals surface area contributed by atoms with Gasteiger partial charge in [0, 0.05) is 12.3 Å². The van der Waals surface area contributed by atoms with E-state index in [1.165, 1.54) is 18.5 Å². The monoisotopic (exact) mass is 314 g/mol. The Kier molecular flexibility index (Phi) is 4.18. The molecule has 1 aromatic carbocycles. The molecule has 0 saturated heterocycles. The number of nitrogens with one attached hydrogen (secondary N) is 1. The molecule has 3 rings (SSSR count). The maximum atomic E-state index is 13.1. The summed E-state index contributed by atoms with van der Waals surface area (Å²) in [5.74, 6) is -0.158. The highest BCUT2D eigenvalue weighted by Crippen LogP contribution is 2.12. The summed E-state index contributed by atoms with van der Waals surface area (Å²) in [4.78, 5) is 12.2. The summed E-state index contributed by atoms with van der Waals surface area (Å²) in [5, 5.41) is 10.5. The summed E-state index contributed by atoms with van der Waals surface area (Å²) >= 11 is 0. The summed E-state index contributed by atoms with van der Waals surface area (Å²) in [6, 6.07) is 9.05. The smallest absolute Gasteiger partial charge is 0.253 e. The third-order valence-corrected chi connectivity index (χ3v) is 3.23. The maximum absolute atomic E-state index is 13.1. The highest BCUT2D eigenvalue weighted by Gasteiger charge is 2.11. The van der Waals surface area contributed by atoms with E-state index in [0.29, 0.717) is 17.0 Å². The first-order valence-corrected chi connectivity index (χ1v) is 7.10. The van der Waals surface area contributed by atoms with Crippen molar-refractivity contribution in [2.45, 2.75) is 13.0 Å². The molecule has 2 aromatic heterocycles. The van der Waals surface area contributed by atoms with E-state index in [1.54, 1.807) is 34.9 Å². The van der Waals surface area contributed by atoms with Crippen molar-refractivity contribution in [1.82, 2.24) is 19.9 Å². The molecule has 0 radical (unpaired) electrons. The van der Waals surface area contributed by atoms with Gasteiger partial charge in [-0.15, -0.1) is 10.2 Å². The number of fused-ring (bicyclic) bond motifs is 1. The van der Waals surface area contributed by atoms with Gasteiger partial charge in [-0.2, -0.15) is 0 Å². The van der Waals surface area contributed by atoms with Gasteiger partial charge in [-0.1, -0.05) is 6.07 Å². The summed E-state index contributed by atoms with van der Waals surface area (Å²) < 4.78 is 20.2. The van der Waals surface area contributed by atoms with Gasteiger partial charge < -0.3 is 10.1 Å². The van der Waals surface area contributed by atoms with E-state index in [0.717, 1.165) is 0 Å². The Morgan fingerprint density at radius 1 is 1.39 bits per heavy atom. The Hall–Kier alpha value is -2.96. The molecule has 7 heteroatoms. The van der Waals surface area contributed by atoms with Gasteiger partial charge in [-0.05, 0) is 31.2 Å². The molecule has 0 saturated carbocycles. The zero-order valence-corrected chi connectivity index (χ0v) is 12.4. The number of nitrogens with zero attached hydrogens (tertiary/aromatic N) is 3. The van der Waals surface area contributed by atoms with Crippen molar-refractivity contribution in [3.05, 3.63) is 60.3 Å². The Morgan fingerprint density at radius 3 is 3.09 bits per heavy atom. The molecule has 1 amide bonds. The van der Waals surface area contributed by atoms with Crippen LogP contribution in [0.1, 0.15) is 17.3 Å². The highest BCUT2D eigenvalue weighted by atomic mass is 19.1. The number of amides is 1. The van der Waals surface area contributed by atoms with E-state index in [4.69, 9.17) is 4.74 Å². The second-order valence-corrected chi connectivity index (χ2v) is 5.16.